The number of hydrazine groups is 1. The van der Waals surface area contributed by atoms with E-state index in [-0.39, 0.29) is 11.6 Å². The molecule has 0 heterocycles. The highest BCUT2D eigenvalue weighted by atomic mass is 16.5. The Bertz CT molecular complexity index is 268. The second-order valence-electron chi connectivity index (χ2n) is 5.17. The number of hydrogen-bond acceptors (Lipinski definition) is 4. The average molecular weight is 230 g/mol. The maximum atomic E-state index is 11.4. The topological polar surface area (TPSA) is 85.4 Å². The molecule has 0 atom stereocenters. The first-order valence-corrected chi connectivity index (χ1v) is 5.03. The Hall–Kier alpha value is -1.27. The van der Waals surface area contributed by atoms with Gasteiger partial charge in [-0.3, -0.25) is 16.1 Å². The van der Waals surface area contributed by atoms with E-state index in [0.29, 0.717) is 5.70 Å². The third-order valence-electron chi connectivity index (χ3n) is 1.87. The summed E-state index contributed by atoms with van der Waals surface area (Å²) in [5.74, 6) is 0. The second-order valence-corrected chi connectivity index (χ2v) is 5.17. The van der Waals surface area contributed by atoms with E-state index >= 15 is 0 Å². The molecular formula is C10H22N4O2. The quantitative estimate of drug-likeness (QED) is 0.464. The van der Waals surface area contributed by atoms with Crippen LogP contribution in [-0.2, 0) is 0 Å². The Balaban J connectivity index is 4.15. The number of amides is 2. The highest BCUT2D eigenvalue weighted by Gasteiger charge is 2.22. The van der Waals surface area contributed by atoms with Gasteiger partial charge in [0.05, 0.1) is 11.2 Å². The van der Waals surface area contributed by atoms with Crippen molar-refractivity contribution in [2.24, 2.45) is 0 Å². The van der Waals surface area contributed by atoms with Crippen LogP contribution in [0.4, 0.5) is 4.79 Å². The van der Waals surface area contributed by atoms with Crippen molar-refractivity contribution in [1.29, 1.82) is 0 Å². The van der Waals surface area contributed by atoms with E-state index < -0.39 is 5.54 Å². The molecule has 0 aromatic rings. The van der Waals surface area contributed by atoms with Crippen LogP contribution in [-0.4, -0.2) is 22.3 Å². The largest absolute Gasteiger partial charge is 0.332 e. The standard InChI is InChI=1S/C10H22N4O2/c1-7(13-16)10(5,6)14-12-8(15)11-9(2,3)4/h13-14,16H,1H2,2-6H3,(H2,11,12,15). The molecule has 5 N–H and O–H groups in total. The van der Waals surface area contributed by atoms with Gasteiger partial charge >= 0.3 is 6.03 Å². The molecule has 0 aliphatic heterocycles. The van der Waals surface area contributed by atoms with Crippen molar-refractivity contribution in [3.8, 4) is 0 Å². The van der Waals surface area contributed by atoms with Gasteiger partial charge in [0, 0.05) is 5.54 Å². The van der Waals surface area contributed by atoms with E-state index in [1.807, 2.05) is 26.3 Å². The maximum absolute atomic E-state index is 11.4. The zero-order valence-electron chi connectivity index (χ0n) is 10.6. The fourth-order valence-corrected chi connectivity index (χ4v) is 0.800. The van der Waals surface area contributed by atoms with Gasteiger partial charge < -0.3 is 5.32 Å². The van der Waals surface area contributed by atoms with Gasteiger partial charge in [-0.15, -0.1) is 0 Å². The maximum Gasteiger partial charge on any atom is 0.329 e. The van der Waals surface area contributed by atoms with Crippen molar-refractivity contribution in [3.05, 3.63) is 12.3 Å². The molecule has 0 spiro atoms. The monoisotopic (exact) mass is 230 g/mol. The highest BCUT2D eigenvalue weighted by molar-refractivity contribution is 5.74. The van der Waals surface area contributed by atoms with Crippen LogP contribution in [0.3, 0.4) is 0 Å². The predicted molar refractivity (Wildman–Crippen MR) is 62.7 cm³/mol. The van der Waals surface area contributed by atoms with Crippen LogP contribution >= 0.6 is 0 Å². The third kappa shape index (κ3) is 5.57. The van der Waals surface area contributed by atoms with Crippen molar-refractivity contribution in [3.63, 3.8) is 0 Å². The molecular weight excluding hydrogens is 208 g/mol. The van der Waals surface area contributed by atoms with E-state index in [9.17, 15) is 4.79 Å². The lowest BCUT2D eigenvalue weighted by molar-refractivity contribution is 0.171. The van der Waals surface area contributed by atoms with Gasteiger partial charge in [-0.05, 0) is 34.6 Å². The Morgan fingerprint density at radius 1 is 1.19 bits per heavy atom. The fourth-order valence-electron chi connectivity index (χ4n) is 0.800. The lowest BCUT2D eigenvalue weighted by Crippen LogP contribution is -2.58. The van der Waals surface area contributed by atoms with Gasteiger partial charge in [-0.2, -0.15) is 0 Å². The summed E-state index contributed by atoms with van der Waals surface area (Å²) in [6, 6.07) is -0.341. The van der Waals surface area contributed by atoms with Crippen LogP contribution in [0.1, 0.15) is 34.6 Å². The Morgan fingerprint density at radius 2 is 1.69 bits per heavy atom. The Morgan fingerprint density at radius 3 is 2.06 bits per heavy atom. The number of nitrogens with one attached hydrogen (secondary N) is 4. The van der Waals surface area contributed by atoms with Crippen molar-refractivity contribution >= 4 is 6.03 Å². The molecule has 0 aromatic heterocycles. The number of carbonyl (C=O) groups excluding carboxylic acids is 1. The predicted octanol–water partition coefficient (Wildman–Crippen LogP) is 0.860. The molecule has 0 saturated carbocycles. The van der Waals surface area contributed by atoms with E-state index in [4.69, 9.17) is 5.21 Å². The van der Waals surface area contributed by atoms with E-state index in [1.165, 1.54) is 0 Å². The molecule has 0 aliphatic rings. The molecule has 0 aliphatic carbocycles. The first kappa shape index (κ1) is 14.7. The number of urea groups is 1. The van der Waals surface area contributed by atoms with Crippen LogP contribution < -0.4 is 21.6 Å². The molecule has 0 aromatic carbocycles. The lowest BCUT2D eigenvalue weighted by atomic mass is 10.0. The first-order valence-electron chi connectivity index (χ1n) is 5.03. The van der Waals surface area contributed by atoms with Crippen molar-refractivity contribution in [1.82, 2.24) is 21.6 Å². The molecule has 0 bridgehead atoms. The molecule has 94 valence electrons. The number of hydrogen-bond donors (Lipinski definition) is 5. The molecule has 6 heteroatoms. The van der Waals surface area contributed by atoms with Gasteiger partial charge in [-0.25, -0.2) is 10.2 Å². The van der Waals surface area contributed by atoms with E-state index in [0.717, 1.165) is 0 Å². The van der Waals surface area contributed by atoms with Gasteiger partial charge in [0.2, 0.25) is 0 Å². The third-order valence-corrected chi connectivity index (χ3v) is 1.87. The molecule has 0 fully saturated rings. The highest BCUT2D eigenvalue weighted by Crippen LogP contribution is 2.08. The number of rotatable bonds is 4. The summed E-state index contributed by atoms with van der Waals surface area (Å²) >= 11 is 0. The van der Waals surface area contributed by atoms with Crippen molar-refractivity contribution in [2.75, 3.05) is 0 Å². The minimum absolute atomic E-state index is 0.303. The summed E-state index contributed by atoms with van der Waals surface area (Å²) in [6.45, 7) is 12.8. The fraction of sp³-hybridized carbons (Fsp3) is 0.700. The summed E-state index contributed by atoms with van der Waals surface area (Å²) in [5, 5.41) is 11.4. The summed E-state index contributed by atoms with van der Waals surface area (Å²) in [4.78, 5) is 11.4. The SMILES string of the molecule is C=C(NO)C(C)(C)NNC(=O)NC(C)(C)C. The zero-order chi connectivity index (χ0) is 13.0. The normalized spacial score (nSPS) is 11.9. The molecule has 6 nitrogen and oxygen atoms in total. The smallest absolute Gasteiger partial charge is 0.329 e. The number of carbonyl (C=O) groups is 1. The molecule has 0 saturated heterocycles. The van der Waals surface area contributed by atoms with Gasteiger partial charge in [0.25, 0.3) is 0 Å². The summed E-state index contributed by atoms with van der Waals surface area (Å²) in [6.07, 6.45) is 0. The van der Waals surface area contributed by atoms with Crippen LogP contribution in [0, 0.1) is 0 Å². The van der Waals surface area contributed by atoms with E-state index in [2.05, 4.69) is 22.7 Å². The average Bonchev–Trinajstić information content (AvgIpc) is 2.11. The number of hydroxylamine groups is 1. The van der Waals surface area contributed by atoms with Gasteiger partial charge in [0.15, 0.2) is 0 Å². The lowest BCUT2D eigenvalue weighted by Gasteiger charge is -2.29. The van der Waals surface area contributed by atoms with Crippen LogP contribution in [0.5, 0.6) is 0 Å². The Labute approximate surface area is 96.4 Å². The summed E-state index contributed by atoms with van der Waals surface area (Å²) in [7, 11) is 0. The molecule has 16 heavy (non-hydrogen) atoms. The first-order chi connectivity index (χ1) is 7.08. The summed E-state index contributed by atoms with van der Waals surface area (Å²) in [5.41, 5.74) is 6.56. The van der Waals surface area contributed by atoms with Crippen molar-refractivity contribution in [2.45, 2.75) is 45.7 Å². The van der Waals surface area contributed by atoms with Crippen molar-refractivity contribution < 1.29 is 10.0 Å². The van der Waals surface area contributed by atoms with Gasteiger partial charge in [0.1, 0.15) is 0 Å². The van der Waals surface area contributed by atoms with Crippen LogP contribution in [0.2, 0.25) is 0 Å². The van der Waals surface area contributed by atoms with Gasteiger partial charge in [-0.1, -0.05) is 6.58 Å². The minimum Gasteiger partial charge on any atom is -0.332 e. The van der Waals surface area contributed by atoms with E-state index in [1.54, 1.807) is 13.8 Å². The molecule has 0 unspecified atom stereocenters. The van der Waals surface area contributed by atoms with Crippen LogP contribution in [0.25, 0.3) is 0 Å². The molecule has 0 rings (SSSR count). The second kappa shape index (κ2) is 5.18. The zero-order valence-corrected chi connectivity index (χ0v) is 10.6. The summed E-state index contributed by atoms with van der Waals surface area (Å²) < 4.78 is 0. The molecule has 2 amide bonds. The Kier molecular flexibility index (Phi) is 4.77. The minimum atomic E-state index is -0.663. The molecule has 0 radical (unpaired) electrons. The van der Waals surface area contributed by atoms with Crippen LogP contribution in [0.15, 0.2) is 12.3 Å².